The van der Waals surface area contributed by atoms with Gasteiger partial charge in [0, 0.05) is 6.42 Å². The van der Waals surface area contributed by atoms with Crippen molar-refractivity contribution < 1.29 is 14.7 Å². The van der Waals surface area contributed by atoms with Gasteiger partial charge in [0.2, 0.25) is 0 Å². The van der Waals surface area contributed by atoms with Crippen LogP contribution in [0.2, 0.25) is 5.02 Å². The summed E-state index contributed by atoms with van der Waals surface area (Å²) in [5, 5.41) is 16.7. The third-order valence-electron chi connectivity index (χ3n) is 5.01. The Morgan fingerprint density at radius 2 is 1.41 bits per heavy atom. The fourth-order valence-corrected chi connectivity index (χ4v) is 3.84. The number of halogens is 1. The van der Waals surface area contributed by atoms with E-state index < -0.39 is 17.9 Å². The van der Waals surface area contributed by atoms with E-state index in [1.54, 1.807) is 24.3 Å². The Labute approximate surface area is 172 Å². The van der Waals surface area contributed by atoms with Crippen LogP contribution < -0.4 is 5.32 Å². The highest BCUT2D eigenvalue weighted by molar-refractivity contribution is 6.33. The molecule has 1 atom stereocenters. The molecule has 1 amide bonds. The van der Waals surface area contributed by atoms with Crippen LogP contribution in [-0.2, 0) is 11.2 Å². The molecule has 2 N–H and O–H groups in total. The molecule has 4 aromatic carbocycles. The topological polar surface area (TPSA) is 66.4 Å². The summed E-state index contributed by atoms with van der Waals surface area (Å²) < 4.78 is 0. The van der Waals surface area contributed by atoms with Crippen LogP contribution in [0.5, 0.6) is 0 Å². The second-order valence-electron chi connectivity index (χ2n) is 6.85. The zero-order chi connectivity index (χ0) is 20.4. The number of hydrogen-bond acceptors (Lipinski definition) is 2. The molecular formula is C24H18ClNO3. The van der Waals surface area contributed by atoms with Crippen molar-refractivity contribution in [3.05, 3.63) is 95.0 Å². The predicted octanol–water partition coefficient (Wildman–Crippen LogP) is 5.07. The van der Waals surface area contributed by atoms with Crippen molar-refractivity contribution in [1.82, 2.24) is 5.32 Å². The number of nitrogens with one attached hydrogen (secondary N) is 1. The number of carboxylic acid groups (broad SMARTS) is 1. The first-order chi connectivity index (χ1) is 14.0. The minimum absolute atomic E-state index is 0.160. The Balaban J connectivity index is 1.75. The highest BCUT2D eigenvalue weighted by atomic mass is 35.5. The van der Waals surface area contributed by atoms with Crippen LogP contribution in [0.3, 0.4) is 0 Å². The minimum atomic E-state index is -1.09. The van der Waals surface area contributed by atoms with Gasteiger partial charge in [0.05, 0.1) is 10.6 Å². The third kappa shape index (κ3) is 3.80. The van der Waals surface area contributed by atoms with Gasteiger partial charge in [0.1, 0.15) is 6.04 Å². The van der Waals surface area contributed by atoms with Gasteiger partial charge in [-0.2, -0.15) is 0 Å². The summed E-state index contributed by atoms with van der Waals surface area (Å²) in [5.41, 5.74) is 1.15. The summed E-state index contributed by atoms with van der Waals surface area (Å²) in [5.74, 6) is -1.60. The number of carbonyl (C=O) groups is 2. The average molecular weight is 404 g/mol. The smallest absolute Gasteiger partial charge is 0.326 e. The fourth-order valence-electron chi connectivity index (χ4n) is 3.61. The maximum Gasteiger partial charge on any atom is 0.326 e. The summed E-state index contributed by atoms with van der Waals surface area (Å²) >= 11 is 6.09. The molecule has 4 rings (SSSR count). The second kappa shape index (κ2) is 7.94. The number of carboxylic acids is 1. The summed E-state index contributed by atoms with van der Waals surface area (Å²) in [6.45, 7) is 0. The molecule has 0 fully saturated rings. The molecule has 5 heteroatoms. The summed E-state index contributed by atoms with van der Waals surface area (Å²) in [6.07, 6.45) is 0.160. The molecule has 0 saturated heterocycles. The Kier molecular flexibility index (Phi) is 5.19. The first-order valence-corrected chi connectivity index (χ1v) is 9.60. The number of hydrogen-bond donors (Lipinski definition) is 2. The zero-order valence-electron chi connectivity index (χ0n) is 15.4. The lowest BCUT2D eigenvalue weighted by Gasteiger charge is -2.18. The van der Waals surface area contributed by atoms with E-state index in [1.807, 2.05) is 48.5 Å². The third-order valence-corrected chi connectivity index (χ3v) is 5.34. The average Bonchev–Trinajstić information content (AvgIpc) is 2.73. The molecule has 4 aromatic rings. The molecule has 0 unspecified atom stereocenters. The Morgan fingerprint density at radius 1 is 0.862 bits per heavy atom. The molecule has 4 nitrogen and oxygen atoms in total. The van der Waals surface area contributed by atoms with Gasteiger partial charge >= 0.3 is 5.97 Å². The van der Waals surface area contributed by atoms with E-state index in [4.69, 9.17) is 11.6 Å². The highest BCUT2D eigenvalue weighted by Gasteiger charge is 2.24. The quantitative estimate of drug-likeness (QED) is 0.457. The minimum Gasteiger partial charge on any atom is -0.480 e. The van der Waals surface area contributed by atoms with Crippen molar-refractivity contribution in [3.8, 4) is 0 Å². The number of benzene rings is 4. The first kappa shape index (κ1) is 19.0. The van der Waals surface area contributed by atoms with Gasteiger partial charge in [-0.3, -0.25) is 4.79 Å². The Morgan fingerprint density at radius 3 is 2.00 bits per heavy atom. The number of carbonyl (C=O) groups excluding carboxylic acids is 1. The van der Waals surface area contributed by atoms with E-state index in [2.05, 4.69) is 11.4 Å². The van der Waals surface area contributed by atoms with Gasteiger partial charge in [0.25, 0.3) is 5.91 Å². The summed E-state index contributed by atoms with van der Waals surface area (Å²) in [4.78, 5) is 24.6. The molecule has 0 spiro atoms. The maximum atomic E-state index is 12.6. The number of aliphatic carboxylic acids is 1. The molecule has 0 heterocycles. The van der Waals surface area contributed by atoms with Gasteiger partial charge in [-0.1, -0.05) is 72.3 Å². The lowest BCUT2D eigenvalue weighted by atomic mass is 9.92. The maximum absolute atomic E-state index is 12.6. The molecule has 144 valence electrons. The van der Waals surface area contributed by atoms with Crippen LogP contribution in [0.1, 0.15) is 15.9 Å². The molecule has 29 heavy (non-hydrogen) atoms. The molecule has 0 aliphatic heterocycles. The van der Waals surface area contributed by atoms with Crippen molar-refractivity contribution in [2.24, 2.45) is 0 Å². The lowest BCUT2D eigenvalue weighted by molar-refractivity contribution is -0.139. The normalized spacial score (nSPS) is 12.0. The molecule has 0 aliphatic rings. The van der Waals surface area contributed by atoms with Crippen LogP contribution >= 0.6 is 11.6 Å². The predicted molar refractivity (Wildman–Crippen MR) is 116 cm³/mol. The van der Waals surface area contributed by atoms with Crippen molar-refractivity contribution in [1.29, 1.82) is 0 Å². The van der Waals surface area contributed by atoms with E-state index in [0.29, 0.717) is 0 Å². The standard InChI is InChI=1S/C24H18ClNO3/c25-21-12-6-5-11-19(21)23(27)26-22(24(28)29)14-20-17-9-3-1-7-15(17)13-16-8-2-4-10-18(16)20/h1-13,22H,14H2,(H,26,27)(H,28,29)/t22-/m1/s1. The van der Waals surface area contributed by atoms with Crippen LogP contribution in [0.15, 0.2) is 78.9 Å². The van der Waals surface area contributed by atoms with Gasteiger partial charge in [-0.15, -0.1) is 0 Å². The number of rotatable bonds is 5. The van der Waals surface area contributed by atoms with Crippen molar-refractivity contribution in [2.45, 2.75) is 12.5 Å². The largest absolute Gasteiger partial charge is 0.480 e. The van der Waals surface area contributed by atoms with E-state index in [-0.39, 0.29) is 17.0 Å². The van der Waals surface area contributed by atoms with Crippen LogP contribution in [0.4, 0.5) is 0 Å². The van der Waals surface area contributed by atoms with Crippen LogP contribution in [0, 0.1) is 0 Å². The summed E-state index contributed by atoms with van der Waals surface area (Å²) in [6, 6.07) is 23.3. The van der Waals surface area contributed by atoms with Gasteiger partial charge in [0.15, 0.2) is 0 Å². The summed E-state index contributed by atoms with van der Waals surface area (Å²) in [7, 11) is 0. The molecular weight excluding hydrogens is 386 g/mol. The second-order valence-corrected chi connectivity index (χ2v) is 7.25. The molecule has 0 radical (unpaired) electrons. The van der Waals surface area contributed by atoms with Crippen LogP contribution in [0.25, 0.3) is 21.5 Å². The molecule has 0 aliphatic carbocycles. The number of fused-ring (bicyclic) bond motifs is 2. The monoisotopic (exact) mass is 403 g/mol. The lowest BCUT2D eigenvalue weighted by Crippen LogP contribution is -2.42. The van der Waals surface area contributed by atoms with Gasteiger partial charge in [-0.05, 0) is 45.3 Å². The van der Waals surface area contributed by atoms with Gasteiger partial charge in [-0.25, -0.2) is 4.79 Å². The fraction of sp³-hybridized carbons (Fsp3) is 0.0833. The Hall–Kier alpha value is -3.37. The first-order valence-electron chi connectivity index (χ1n) is 9.22. The highest BCUT2D eigenvalue weighted by Crippen LogP contribution is 2.29. The van der Waals surface area contributed by atoms with E-state index in [0.717, 1.165) is 27.1 Å². The molecule has 0 bridgehead atoms. The van der Waals surface area contributed by atoms with E-state index in [9.17, 15) is 14.7 Å². The van der Waals surface area contributed by atoms with Crippen molar-refractivity contribution in [2.75, 3.05) is 0 Å². The Bertz CT molecular complexity index is 1180. The number of amides is 1. The molecule has 0 saturated carbocycles. The van der Waals surface area contributed by atoms with Gasteiger partial charge < -0.3 is 10.4 Å². The van der Waals surface area contributed by atoms with Crippen molar-refractivity contribution in [3.63, 3.8) is 0 Å². The SMILES string of the molecule is O=C(N[C@H](Cc1c2ccccc2cc2ccccc12)C(=O)O)c1ccccc1Cl. The van der Waals surface area contributed by atoms with E-state index >= 15 is 0 Å². The van der Waals surface area contributed by atoms with Crippen molar-refractivity contribution >= 4 is 45.0 Å². The zero-order valence-corrected chi connectivity index (χ0v) is 16.2. The van der Waals surface area contributed by atoms with E-state index in [1.165, 1.54) is 0 Å². The van der Waals surface area contributed by atoms with Crippen LogP contribution in [-0.4, -0.2) is 23.0 Å². The molecule has 0 aromatic heterocycles.